The summed E-state index contributed by atoms with van der Waals surface area (Å²) in [7, 11) is 0. The predicted molar refractivity (Wildman–Crippen MR) is 89.8 cm³/mol. The van der Waals surface area contributed by atoms with E-state index < -0.39 is 17.9 Å². The molecule has 1 aliphatic carbocycles. The number of nitrogens with zero attached hydrogens (tertiary/aromatic N) is 1. The first-order valence-electron chi connectivity index (χ1n) is 7.69. The highest BCUT2D eigenvalue weighted by Gasteiger charge is 2.31. The molecule has 0 radical (unpaired) electrons. The largest absolute Gasteiger partial charge is 0.481 e. The number of benzene rings is 1. The Kier molecular flexibility index (Phi) is 4.71. The van der Waals surface area contributed by atoms with Crippen LogP contribution in [0.2, 0.25) is 0 Å². The summed E-state index contributed by atoms with van der Waals surface area (Å²) >= 11 is 3.34. The Morgan fingerprint density at radius 3 is 2.62 bits per heavy atom. The van der Waals surface area contributed by atoms with Gasteiger partial charge in [0.2, 0.25) is 5.76 Å². The zero-order valence-electron chi connectivity index (χ0n) is 13.1. The van der Waals surface area contributed by atoms with Crippen molar-refractivity contribution in [1.82, 2.24) is 10.3 Å². The molecule has 0 bridgehead atoms. The lowest BCUT2D eigenvalue weighted by Crippen LogP contribution is -2.30. The van der Waals surface area contributed by atoms with Gasteiger partial charge in [-0.2, -0.15) is 0 Å². The Morgan fingerprint density at radius 2 is 2.04 bits per heavy atom. The topological polar surface area (TPSA) is 92.4 Å². The number of aliphatic carboxylic acids is 1. The second-order valence-corrected chi connectivity index (χ2v) is 6.83. The van der Waals surface area contributed by atoms with Crippen molar-refractivity contribution in [2.45, 2.75) is 38.1 Å². The van der Waals surface area contributed by atoms with Gasteiger partial charge in [-0.1, -0.05) is 28.1 Å². The maximum absolute atomic E-state index is 12.5. The minimum absolute atomic E-state index is 0.157. The van der Waals surface area contributed by atoms with E-state index in [9.17, 15) is 9.59 Å². The van der Waals surface area contributed by atoms with Gasteiger partial charge >= 0.3 is 5.97 Å². The number of amides is 1. The summed E-state index contributed by atoms with van der Waals surface area (Å²) < 4.78 is 6.46. The molecule has 1 aromatic heterocycles. The van der Waals surface area contributed by atoms with Crippen molar-refractivity contribution in [3.63, 3.8) is 0 Å². The van der Waals surface area contributed by atoms with Gasteiger partial charge < -0.3 is 14.8 Å². The molecule has 1 heterocycles. The van der Waals surface area contributed by atoms with E-state index in [2.05, 4.69) is 26.2 Å². The normalized spacial score (nSPS) is 15.1. The maximum atomic E-state index is 12.5. The average Bonchev–Trinajstić information content (AvgIpc) is 3.29. The summed E-state index contributed by atoms with van der Waals surface area (Å²) in [5, 5.41) is 11.9. The van der Waals surface area contributed by atoms with Crippen LogP contribution in [0.4, 0.5) is 0 Å². The molecule has 2 aromatic rings. The Balaban J connectivity index is 1.79. The van der Waals surface area contributed by atoms with Crippen molar-refractivity contribution < 1.29 is 19.1 Å². The van der Waals surface area contributed by atoms with Crippen molar-refractivity contribution in [2.75, 3.05) is 0 Å². The molecule has 1 fully saturated rings. The zero-order chi connectivity index (χ0) is 17.3. The SMILES string of the molecule is Cc1nc(C2CC2)oc1C(=O)NC(CC(=O)O)c1ccc(Br)cc1. The van der Waals surface area contributed by atoms with E-state index in [0.29, 0.717) is 23.1 Å². The van der Waals surface area contributed by atoms with Crippen LogP contribution in [0, 0.1) is 6.92 Å². The van der Waals surface area contributed by atoms with Crippen molar-refractivity contribution in [2.24, 2.45) is 0 Å². The number of aromatic nitrogens is 1. The van der Waals surface area contributed by atoms with Crippen molar-refractivity contribution >= 4 is 27.8 Å². The Labute approximate surface area is 147 Å². The summed E-state index contributed by atoms with van der Waals surface area (Å²) in [6.07, 6.45) is 1.85. The molecule has 6 nitrogen and oxygen atoms in total. The lowest BCUT2D eigenvalue weighted by Gasteiger charge is -2.17. The van der Waals surface area contributed by atoms with Gasteiger partial charge in [-0.3, -0.25) is 9.59 Å². The first-order valence-corrected chi connectivity index (χ1v) is 8.48. The van der Waals surface area contributed by atoms with Gasteiger partial charge in [0.05, 0.1) is 18.2 Å². The van der Waals surface area contributed by atoms with E-state index in [1.807, 2.05) is 0 Å². The van der Waals surface area contributed by atoms with Gasteiger partial charge in [0.25, 0.3) is 5.91 Å². The van der Waals surface area contributed by atoms with Crippen LogP contribution in [0.3, 0.4) is 0 Å². The van der Waals surface area contributed by atoms with E-state index >= 15 is 0 Å². The number of hydrogen-bond acceptors (Lipinski definition) is 4. The standard InChI is InChI=1S/C17H17BrN2O4/c1-9-15(24-17(19-9)11-2-3-11)16(23)20-13(8-14(21)22)10-4-6-12(18)7-5-10/h4-7,11,13H,2-3,8H2,1H3,(H,20,23)(H,21,22). The lowest BCUT2D eigenvalue weighted by atomic mass is 10.0. The number of carbonyl (C=O) groups is 2. The van der Waals surface area contributed by atoms with Crippen LogP contribution in [0.1, 0.15) is 58.9 Å². The smallest absolute Gasteiger partial charge is 0.305 e. The molecule has 1 aromatic carbocycles. The molecule has 3 rings (SSSR count). The number of nitrogens with one attached hydrogen (secondary N) is 1. The van der Waals surface area contributed by atoms with E-state index in [4.69, 9.17) is 9.52 Å². The molecular weight excluding hydrogens is 376 g/mol. The highest BCUT2D eigenvalue weighted by atomic mass is 79.9. The number of halogens is 1. The zero-order valence-corrected chi connectivity index (χ0v) is 14.7. The molecule has 24 heavy (non-hydrogen) atoms. The van der Waals surface area contributed by atoms with E-state index in [1.165, 1.54) is 0 Å². The third kappa shape index (κ3) is 3.84. The first kappa shape index (κ1) is 16.7. The molecule has 1 saturated carbocycles. The summed E-state index contributed by atoms with van der Waals surface area (Å²) in [6.45, 7) is 1.72. The number of carbonyl (C=O) groups excluding carboxylic acids is 1. The monoisotopic (exact) mass is 392 g/mol. The van der Waals surface area contributed by atoms with Gasteiger partial charge in [-0.25, -0.2) is 4.98 Å². The fourth-order valence-corrected chi connectivity index (χ4v) is 2.74. The first-order chi connectivity index (χ1) is 11.4. The summed E-state index contributed by atoms with van der Waals surface area (Å²) in [6, 6.07) is 6.53. The molecule has 2 N–H and O–H groups in total. The van der Waals surface area contributed by atoms with Crippen LogP contribution in [0.25, 0.3) is 0 Å². The molecule has 1 amide bonds. The predicted octanol–water partition coefficient (Wildman–Crippen LogP) is 3.57. The quantitative estimate of drug-likeness (QED) is 0.783. The molecular formula is C17H17BrN2O4. The molecule has 0 spiro atoms. The van der Waals surface area contributed by atoms with Crippen molar-refractivity contribution in [3.05, 3.63) is 51.6 Å². The molecule has 126 valence electrons. The van der Waals surface area contributed by atoms with Crippen LogP contribution >= 0.6 is 15.9 Å². The van der Waals surface area contributed by atoms with Crippen molar-refractivity contribution in [1.29, 1.82) is 0 Å². The van der Waals surface area contributed by atoms with Gasteiger partial charge in [0, 0.05) is 10.4 Å². The summed E-state index contributed by atoms with van der Waals surface area (Å²) in [4.78, 5) is 27.9. The Morgan fingerprint density at radius 1 is 1.38 bits per heavy atom. The lowest BCUT2D eigenvalue weighted by molar-refractivity contribution is -0.137. The van der Waals surface area contributed by atoms with Crippen LogP contribution in [-0.2, 0) is 4.79 Å². The van der Waals surface area contributed by atoms with Gasteiger partial charge in [-0.05, 0) is 37.5 Å². The fourth-order valence-electron chi connectivity index (χ4n) is 2.48. The molecule has 0 aliphatic heterocycles. The second-order valence-electron chi connectivity index (χ2n) is 5.92. The number of oxazole rings is 1. The minimum atomic E-state index is -0.990. The average molecular weight is 393 g/mol. The van der Waals surface area contributed by atoms with Crippen LogP contribution in [0.5, 0.6) is 0 Å². The summed E-state index contributed by atoms with van der Waals surface area (Å²) in [5.41, 5.74) is 1.24. The van der Waals surface area contributed by atoms with E-state index in [0.717, 1.165) is 17.3 Å². The van der Waals surface area contributed by atoms with Crippen LogP contribution in [-0.4, -0.2) is 22.0 Å². The molecule has 1 unspecified atom stereocenters. The Bertz CT molecular complexity index is 765. The van der Waals surface area contributed by atoms with E-state index in [1.54, 1.807) is 31.2 Å². The third-order valence-electron chi connectivity index (χ3n) is 3.90. The molecule has 7 heteroatoms. The molecule has 1 atom stereocenters. The van der Waals surface area contributed by atoms with Crippen molar-refractivity contribution in [3.8, 4) is 0 Å². The number of carboxylic acids is 1. The van der Waals surface area contributed by atoms with Gasteiger partial charge in [-0.15, -0.1) is 0 Å². The number of carboxylic acid groups (broad SMARTS) is 1. The highest BCUT2D eigenvalue weighted by molar-refractivity contribution is 9.10. The van der Waals surface area contributed by atoms with E-state index in [-0.39, 0.29) is 12.2 Å². The summed E-state index contributed by atoms with van der Waals surface area (Å²) in [5.74, 6) is -0.371. The molecule has 1 aliphatic rings. The van der Waals surface area contributed by atoms with Crippen LogP contribution < -0.4 is 5.32 Å². The van der Waals surface area contributed by atoms with Crippen LogP contribution in [0.15, 0.2) is 33.2 Å². The Hall–Kier alpha value is -2.15. The minimum Gasteiger partial charge on any atom is -0.481 e. The van der Waals surface area contributed by atoms with Gasteiger partial charge in [0.15, 0.2) is 5.89 Å². The highest BCUT2D eigenvalue weighted by Crippen LogP contribution is 2.40. The maximum Gasteiger partial charge on any atom is 0.305 e. The second kappa shape index (κ2) is 6.76. The third-order valence-corrected chi connectivity index (χ3v) is 4.43. The number of aryl methyl sites for hydroxylation is 1. The number of rotatable bonds is 6. The fraction of sp³-hybridized carbons (Fsp3) is 0.353. The van der Waals surface area contributed by atoms with Gasteiger partial charge in [0.1, 0.15) is 0 Å². The number of hydrogen-bond donors (Lipinski definition) is 2. The molecule has 0 saturated heterocycles.